The number of carbonyl (C=O) groups excluding carboxylic acids is 1. The zero-order valence-corrected chi connectivity index (χ0v) is 15.5. The van der Waals surface area contributed by atoms with Crippen LogP contribution in [0.1, 0.15) is 15.9 Å². The predicted octanol–water partition coefficient (Wildman–Crippen LogP) is 4.38. The molecule has 3 aromatic carbocycles. The fourth-order valence-corrected chi connectivity index (χ4v) is 2.46. The first kappa shape index (κ1) is 19.0. The predicted molar refractivity (Wildman–Crippen MR) is 106 cm³/mol. The van der Waals surface area contributed by atoms with Crippen molar-refractivity contribution in [1.29, 1.82) is 0 Å². The highest BCUT2D eigenvalue weighted by atomic mass is 16.5. The maximum atomic E-state index is 12.2. The Hall–Kier alpha value is -3.80. The Labute approximate surface area is 162 Å². The van der Waals surface area contributed by atoms with E-state index >= 15 is 0 Å². The van der Waals surface area contributed by atoms with Gasteiger partial charge in [-0.15, -0.1) is 0 Å². The van der Waals surface area contributed by atoms with E-state index in [-0.39, 0.29) is 11.5 Å². The Morgan fingerprint density at radius 1 is 0.929 bits per heavy atom. The van der Waals surface area contributed by atoms with Crippen LogP contribution in [0.5, 0.6) is 23.0 Å². The highest BCUT2D eigenvalue weighted by Crippen LogP contribution is 2.28. The van der Waals surface area contributed by atoms with Crippen molar-refractivity contribution >= 4 is 17.9 Å². The van der Waals surface area contributed by atoms with Gasteiger partial charge in [0.05, 0.1) is 19.8 Å². The number of carbonyl (C=O) groups is 1. The number of nitrogens with zero attached hydrogens (tertiary/aromatic N) is 1. The van der Waals surface area contributed by atoms with Gasteiger partial charge in [0.25, 0.3) is 0 Å². The van der Waals surface area contributed by atoms with Gasteiger partial charge in [0.2, 0.25) is 0 Å². The topological polar surface area (TPSA) is 77.4 Å². The molecule has 0 bridgehead atoms. The molecule has 0 saturated heterocycles. The number of hydrogen-bond acceptors (Lipinski definition) is 6. The maximum Gasteiger partial charge on any atom is 0.343 e. The summed E-state index contributed by atoms with van der Waals surface area (Å²) in [5, 5.41) is 10.2. The highest BCUT2D eigenvalue weighted by molar-refractivity contribution is 5.91. The number of phenolic OH excluding ortho intramolecular Hbond substituents is 1. The molecule has 1 N–H and O–H groups in total. The molecule has 0 aliphatic carbocycles. The van der Waals surface area contributed by atoms with E-state index in [1.54, 1.807) is 62.8 Å². The average Bonchev–Trinajstić information content (AvgIpc) is 2.73. The lowest BCUT2D eigenvalue weighted by Crippen LogP contribution is -2.08. The molecule has 3 aromatic rings. The number of aromatic hydroxyl groups is 1. The van der Waals surface area contributed by atoms with Crippen molar-refractivity contribution in [2.24, 2.45) is 4.99 Å². The Balaban J connectivity index is 1.73. The summed E-state index contributed by atoms with van der Waals surface area (Å²) in [5.74, 6) is 0.917. The van der Waals surface area contributed by atoms with E-state index in [2.05, 4.69) is 4.99 Å². The Morgan fingerprint density at radius 2 is 1.64 bits per heavy atom. The molecule has 6 heteroatoms. The number of rotatable bonds is 6. The second-order valence-corrected chi connectivity index (χ2v) is 5.77. The molecule has 3 rings (SSSR count). The Morgan fingerprint density at radius 3 is 2.32 bits per heavy atom. The van der Waals surface area contributed by atoms with E-state index < -0.39 is 5.97 Å². The third kappa shape index (κ3) is 4.48. The first-order chi connectivity index (χ1) is 13.6. The number of phenols is 1. The summed E-state index contributed by atoms with van der Waals surface area (Å²) in [6, 6.07) is 18.4. The number of aliphatic imine (C=N–C) groups is 1. The van der Waals surface area contributed by atoms with Crippen LogP contribution in [0.25, 0.3) is 0 Å². The van der Waals surface area contributed by atoms with Crippen molar-refractivity contribution in [3.05, 3.63) is 77.9 Å². The zero-order chi connectivity index (χ0) is 19.9. The highest BCUT2D eigenvalue weighted by Gasteiger charge is 2.10. The maximum absolute atomic E-state index is 12.2. The van der Waals surface area contributed by atoms with Gasteiger partial charge in [0.15, 0.2) is 0 Å². The van der Waals surface area contributed by atoms with E-state index in [0.717, 1.165) is 0 Å². The van der Waals surface area contributed by atoms with Crippen molar-refractivity contribution < 1.29 is 24.1 Å². The lowest BCUT2D eigenvalue weighted by atomic mass is 10.2. The van der Waals surface area contributed by atoms with E-state index in [1.807, 2.05) is 12.1 Å². The molecule has 142 valence electrons. The normalized spacial score (nSPS) is 10.6. The van der Waals surface area contributed by atoms with Gasteiger partial charge in [-0.05, 0) is 48.5 Å². The van der Waals surface area contributed by atoms with Crippen LogP contribution in [0.4, 0.5) is 5.69 Å². The molecular weight excluding hydrogens is 358 g/mol. The standard InChI is InChI=1S/C22H19NO5/c1-26-17-10-7-15(8-11-17)22(25)28-18-12-9-16(20(24)13-18)14-23-19-5-3-4-6-21(19)27-2/h3-14,24H,1-2H3. The van der Waals surface area contributed by atoms with Crippen molar-refractivity contribution in [3.63, 3.8) is 0 Å². The van der Waals surface area contributed by atoms with Gasteiger partial charge in [0, 0.05) is 17.8 Å². The molecule has 0 fully saturated rings. The molecule has 0 aromatic heterocycles. The van der Waals surface area contributed by atoms with Crippen molar-refractivity contribution in [3.8, 4) is 23.0 Å². The Kier molecular flexibility index (Phi) is 5.91. The molecule has 0 heterocycles. The van der Waals surface area contributed by atoms with Crippen LogP contribution in [0.3, 0.4) is 0 Å². The van der Waals surface area contributed by atoms with Crippen LogP contribution < -0.4 is 14.2 Å². The minimum atomic E-state index is -0.530. The van der Waals surface area contributed by atoms with Crippen LogP contribution in [-0.2, 0) is 0 Å². The van der Waals surface area contributed by atoms with Gasteiger partial charge in [-0.1, -0.05) is 12.1 Å². The van der Waals surface area contributed by atoms with Gasteiger partial charge in [-0.2, -0.15) is 0 Å². The minimum Gasteiger partial charge on any atom is -0.507 e. The monoisotopic (exact) mass is 377 g/mol. The quantitative estimate of drug-likeness (QED) is 0.392. The average molecular weight is 377 g/mol. The summed E-state index contributed by atoms with van der Waals surface area (Å²) in [6.07, 6.45) is 1.52. The molecule has 28 heavy (non-hydrogen) atoms. The van der Waals surface area contributed by atoms with Crippen molar-refractivity contribution in [2.45, 2.75) is 0 Å². The lowest BCUT2D eigenvalue weighted by Gasteiger charge is -2.07. The first-order valence-electron chi connectivity index (χ1n) is 8.47. The third-order valence-corrected chi connectivity index (χ3v) is 3.97. The number of hydrogen-bond donors (Lipinski definition) is 1. The van der Waals surface area contributed by atoms with Gasteiger partial charge >= 0.3 is 5.97 Å². The van der Waals surface area contributed by atoms with Crippen LogP contribution in [0.2, 0.25) is 0 Å². The third-order valence-electron chi connectivity index (χ3n) is 3.97. The molecular formula is C22H19NO5. The van der Waals surface area contributed by atoms with E-state index in [0.29, 0.717) is 28.3 Å². The molecule has 0 aliphatic rings. The number of benzene rings is 3. The molecule has 0 spiro atoms. The second-order valence-electron chi connectivity index (χ2n) is 5.77. The van der Waals surface area contributed by atoms with E-state index in [4.69, 9.17) is 14.2 Å². The van der Waals surface area contributed by atoms with Crippen molar-refractivity contribution in [2.75, 3.05) is 14.2 Å². The molecule has 0 atom stereocenters. The Bertz CT molecular complexity index is 996. The van der Waals surface area contributed by atoms with Gasteiger partial charge < -0.3 is 19.3 Å². The van der Waals surface area contributed by atoms with Gasteiger partial charge in [0.1, 0.15) is 28.7 Å². The smallest absolute Gasteiger partial charge is 0.343 e. The van der Waals surface area contributed by atoms with Gasteiger partial charge in [-0.25, -0.2) is 4.79 Å². The first-order valence-corrected chi connectivity index (χ1v) is 8.47. The van der Waals surface area contributed by atoms with Crippen LogP contribution in [0.15, 0.2) is 71.7 Å². The fraction of sp³-hybridized carbons (Fsp3) is 0.0909. The molecule has 0 unspecified atom stereocenters. The largest absolute Gasteiger partial charge is 0.507 e. The van der Waals surface area contributed by atoms with Crippen LogP contribution in [-0.4, -0.2) is 31.5 Å². The van der Waals surface area contributed by atoms with Gasteiger partial charge in [-0.3, -0.25) is 4.99 Å². The van der Waals surface area contributed by atoms with Crippen LogP contribution in [0, 0.1) is 0 Å². The molecule has 0 amide bonds. The van der Waals surface area contributed by atoms with Crippen LogP contribution >= 0.6 is 0 Å². The summed E-state index contributed by atoms with van der Waals surface area (Å²) in [6.45, 7) is 0. The summed E-state index contributed by atoms with van der Waals surface area (Å²) in [4.78, 5) is 16.5. The fourth-order valence-electron chi connectivity index (χ4n) is 2.46. The summed E-state index contributed by atoms with van der Waals surface area (Å²) in [5.41, 5.74) is 1.50. The summed E-state index contributed by atoms with van der Waals surface area (Å²) >= 11 is 0. The SMILES string of the molecule is COc1ccc(C(=O)Oc2ccc(C=Nc3ccccc3OC)c(O)c2)cc1. The number of ether oxygens (including phenoxy) is 3. The summed E-state index contributed by atoms with van der Waals surface area (Å²) in [7, 11) is 3.12. The molecule has 0 radical (unpaired) electrons. The number of esters is 1. The van der Waals surface area contributed by atoms with Crippen molar-refractivity contribution in [1.82, 2.24) is 0 Å². The molecule has 0 aliphatic heterocycles. The molecule has 6 nitrogen and oxygen atoms in total. The van der Waals surface area contributed by atoms with E-state index in [1.165, 1.54) is 12.3 Å². The lowest BCUT2D eigenvalue weighted by molar-refractivity contribution is 0.0734. The minimum absolute atomic E-state index is 0.0568. The zero-order valence-electron chi connectivity index (χ0n) is 15.5. The number of methoxy groups -OCH3 is 2. The summed E-state index contributed by atoms with van der Waals surface area (Å²) < 4.78 is 15.6. The molecule has 0 saturated carbocycles. The number of para-hydroxylation sites is 2. The second kappa shape index (κ2) is 8.73. The van der Waals surface area contributed by atoms with E-state index in [9.17, 15) is 9.90 Å².